The van der Waals surface area contributed by atoms with Crippen molar-refractivity contribution in [3.8, 4) is 0 Å². The molecule has 92 valence electrons. The van der Waals surface area contributed by atoms with E-state index >= 15 is 0 Å². The molecule has 0 amide bonds. The first kappa shape index (κ1) is 11.5. The summed E-state index contributed by atoms with van der Waals surface area (Å²) in [5, 5.41) is 4.07. The Morgan fingerprint density at radius 2 is 1.83 bits per heavy atom. The molecule has 0 saturated heterocycles. The van der Waals surface area contributed by atoms with Crippen molar-refractivity contribution in [2.45, 2.75) is 13.5 Å². The van der Waals surface area contributed by atoms with E-state index in [1.54, 1.807) is 7.11 Å². The van der Waals surface area contributed by atoms with Crippen LogP contribution in [0.3, 0.4) is 0 Å². The van der Waals surface area contributed by atoms with Gasteiger partial charge >= 0.3 is 0 Å². The summed E-state index contributed by atoms with van der Waals surface area (Å²) < 4.78 is 7.73. The smallest absolute Gasteiger partial charge is 0.191 e. The van der Waals surface area contributed by atoms with Gasteiger partial charge in [-0.2, -0.15) is 0 Å². The van der Waals surface area contributed by atoms with Crippen molar-refractivity contribution < 1.29 is 4.43 Å². The topological polar surface area (TPSA) is 14.2 Å². The molecule has 0 atom stereocenters. The summed E-state index contributed by atoms with van der Waals surface area (Å²) >= 11 is 0. The summed E-state index contributed by atoms with van der Waals surface area (Å²) in [7, 11) is 1.24. The molecule has 0 spiro atoms. The van der Waals surface area contributed by atoms with Crippen molar-refractivity contribution in [1.29, 1.82) is 0 Å². The number of aromatic nitrogens is 1. The number of nitrogens with zero attached hydrogens (tertiary/aromatic N) is 1. The number of fused-ring (bicyclic) bond motifs is 3. The molecule has 0 unspecified atom stereocenters. The molecule has 0 aliphatic carbocycles. The molecule has 0 aliphatic rings. The van der Waals surface area contributed by atoms with Gasteiger partial charge in [-0.05, 0) is 24.2 Å². The SMILES string of the molecule is CCn1c2ccccc2c2cc([SiH2]OC)ccc21. The average Bonchev–Trinajstić information content (AvgIpc) is 2.72. The van der Waals surface area contributed by atoms with Crippen LogP contribution in [-0.2, 0) is 11.0 Å². The summed E-state index contributed by atoms with van der Waals surface area (Å²) in [6.07, 6.45) is 0. The molecule has 1 heterocycles. The first-order valence-electron chi connectivity index (χ1n) is 6.34. The van der Waals surface area contributed by atoms with Crippen LogP contribution in [0, 0.1) is 0 Å². The Morgan fingerprint density at radius 1 is 1.06 bits per heavy atom. The predicted octanol–water partition coefficient (Wildman–Crippen LogP) is 2.17. The van der Waals surface area contributed by atoms with E-state index in [0.717, 1.165) is 6.54 Å². The van der Waals surface area contributed by atoms with Crippen molar-refractivity contribution >= 4 is 36.8 Å². The van der Waals surface area contributed by atoms with Crippen LogP contribution in [0.4, 0.5) is 0 Å². The summed E-state index contributed by atoms with van der Waals surface area (Å²) in [6, 6.07) is 15.4. The van der Waals surface area contributed by atoms with Gasteiger partial charge in [0.25, 0.3) is 0 Å². The monoisotopic (exact) mass is 255 g/mol. The van der Waals surface area contributed by atoms with E-state index in [0.29, 0.717) is 0 Å². The first-order chi connectivity index (χ1) is 8.85. The zero-order valence-electron chi connectivity index (χ0n) is 10.8. The second-order valence-electron chi connectivity index (χ2n) is 4.55. The molecular weight excluding hydrogens is 238 g/mol. The molecule has 3 aromatic rings. The third-order valence-corrected chi connectivity index (χ3v) is 4.53. The van der Waals surface area contributed by atoms with Crippen molar-refractivity contribution in [1.82, 2.24) is 4.57 Å². The highest BCUT2D eigenvalue weighted by Gasteiger charge is 2.09. The number of benzene rings is 2. The molecule has 0 bridgehead atoms. The van der Waals surface area contributed by atoms with Gasteiger partial charge in [-0.25, -0.2) is 0 Å². The highest BCUT2D eigenvalue weighted by Crippen LogP contribution is 2.27. The standard InChI is InChI=1S/C15H17NOSi/c1-3-16-14-7-5-4-6-12(14)13-10-11(18-17-2)8-9-15(13)16/h4-10H,3,18H2,1-2H3. The van der Waals surface area contributed by atoms with Crippen LogP contribution in [0.1, 0.15) is 6.92 Å². The Kier molecular flexibility index (Phi) is 2.93. The molecule has 1 aromatic heterocycles. The molecule has 3 heteroatoms. The lowest BCUT2D eigenvalue weighted by molar-refractivity contribution is 0.450. The molecule has 2 aromatic carbocycles. The van der Waals surface area contributed by atoms with E-state index in [1.807, 2.05) is 0 Å². The number of hydrogen-bond donors (Lipinski definition) is 0. The van der Waals surface area contributed by atoms with E-state index in [4.69, 9.17) is 4.43 Å². The van der Waals surface area contributed by atoms with Crippen molar-refractivity contribution in [2.75, 3.05) is 7.11 Å². The minimum Gasteiger partial charge on any atom is -0.422 e. The minimum absolute atomic E-state index is 0.562. The van der Waals surface area contributed by atoms with Crippen molar-refractivity contribution in [3.63, 3.8) is 0 Å². The third kappa shape index (κ3) is 1.67. The second-order valence-corrected chi connectivity index (χ2v) is 6.23. The molecule has 0 radical (unpaired) electrons. The number of hydrogen-bond acceptors (Lipinski definition) is 1. The molecule has 0 N–H and O–H groups in total. The van der Waals surface area contributed by atoms with Gasteiger partial charge < -0.3 is 8.99 Å². The quantitative estimate of drug-likeness (QED) is 0.654. The van der Waals surface area contributed by atoms with Gasteiger partial charge in [-0.3, -0.25) is 0 Å². The highest BCUT2D eigenvalue weighted by molar-refractivity contribution is 6.47. The second kappa shape index (κ2) is 4.59. The Bertz CT molecular complexity index is 702. The lowest BCUT2D eigenvalue weighted by atomic mass is 10.1. The Balaban J connectivity index is 2.37. The van der Waals surface area contributed by atoms with Gasteiger partial charge in [0, 0.05) is 35.5 Å². The third-order valence-electron chi connectivity index (χ3n) is 3.46. The van der Waals surface area contributed by atoms with E-state index < -0.39 is 9.76 Å². The van der Waals surface area contributed by atoms with Gasteiger partial charge in [0.2, 0.25) is 0 Å². The fourth-order valence-electron chi connectivity index (χ4n) is 2.70. The van der Waals surface area contributed by atoms with E-state index in [-0.39, 0.29) is 0 Å². The van der Waals surface area contributed by atoms with Crippen LogP contribution in [0.5, 0.6) is 0 Å². The number of para-hydroxylation sites is 1. The average molecular weight is 255 g/mol. The molecule has 18 heavy (non-hydrogen) atoms. The van der Waals surface area contributed by atoms with Crippen LogP contribution in [0.15, 0.2) is 42.5 Å². The van der Waals surface area contributed by atoms with E-state index in [1.165, 1.54) is 27.0 Å². The van der Waals surface area contributed by atoms with Gasteiger partial charge in [-0.1, -0.05) is 30.3 Å². The maximum Gasteiger partial charge on any atom is 0.191 e. The maximum absolute atomic E-state index is 5.35. The Morgan fingerprint density at radius 3 is 2.61 bits per heavy atom. The summed E-state index contributed by atoms with van der Waals surface area (Å²) in [5.41, 5.74) is 2.65. The fraction of sp³-hybridized carbons (Fsp3) is 0.200. The lowest BCUT2D eigenvalue weighted by Crippen LogP contribution is -2.15. The summed E-state index contributed by atoms with van der Waals surface area (Å²) in [5.74, 6) is 0. The maximum atomic E-state index is 5.35. The summed E-state index contributed by atoms with van der Waals surface area (Å²) in [6.45, 7) is 3.20. The zero-order valence-corrected chi connectivity index (χ0v) is 12.2. The molecule has 0 saturated carbocycles. The normalized spacial score (nSPS) is 12.1. The number of aryl methyl sites for hydroxylation is 1. The molecule has 0 aliphatic heterocycles. The predicted molar refractivity (Wildman–Crippen MR) is 80.3 cm³/mol. The van der Waals surface area contributed by atoms with Gasteiger partial charge in [0.15, 0.2) is 9.76 Å². The van der Waals surface area contributed by atoms with E-state index in [9.17, 15) is 0 Å². The number of rotatable bonds is 3. The highest BCUT2D eigenvalue weighted by atomic mass is 28.2. The first-order valence-corrected chi connectivity index (χ1v) is 7.62. The minimum atomic E-state index is -0.562. The molecule has 3 rings (SSSR count). The fourth-order valence-corrected chi connectivity index (χ4v) is 3.53. The van der Waals surface area contributed by atoms with Crippen LogP contribution in [0.25, 0.3) is 21.8 Å². The van der Waals surface area contributed by atoms with E-state index in [2.05, 4.69) is 54.0 Å². The van der Waals surface area contributed by atoms with Crippen LogP contribution >= 0.6 is 0 Å². The van der Waals surface area contributed by atoms with Gasteiger partial charge in [0.05, 0.1) is 0 Å². The van der Waals surface area contributed by atoms with Crippen molar-refractivity contribution in [3.05, 3.63) is 42.5 Å². The van der Waals surface area contributed by atoms with Gasteiger partial charge in [0.1, 0.15) is 0 Å². The van der Waals surface area contributed by atoms with Gasteiger partial charge in [-0.15, -0.1) is 0 Å². The molecule has 0 fully saturated rings. The van der Waals surface area contributed by atoms with Crippen LogP contribution < -0.4 is 5.19 Å². The summed E-state index contributed by atoms with van der Waals surface area (Å²) in [4.78, 5) is 0. The lowest BCUT2D eigenvalue weighted by Gasteiger charge is -2.03. The Labute approximate surface area is 109 Å². The largest absolute Gasteiger partial charge is 0.422 e. The molecular formula is C15H17NOSi. The van der Waals surface area contributed by atoms with Crippen LogP contribution in [0.2, 0.25) is 0 Å². The van der Waals surface area contributed by atoms with Crippen molar-refractivity contribution in [2.24, 2.45) is 0 Å². The molecule has 2 nitrogen and oxygen atoms in total. The zero-order chi connectivity index (χ0) is 12.5. The Hall–Kier alpha value is -1.58. The van der Waals surface area contributed by atoms with Crippen LogP contribution in [-0.4, -0.2) is 21.4 Å².